The number of nitrogens with one attached hydrogen (secondary N) is 1. The molecular formula is C28H27N3O3. The molecule has 0 unspecified atom stereocenters. The molecule has 1 aromatic heterocycles. The molecule has 1 heterocycles. The number of ketones is 1. The number of carbonyl (C=O) groups is 2. The van der Waals surface area contributed by atoms with E-state index >= 15 is 0 Å². The molecule has 6 heteroatoms. The Bertz CT molecular complexity index is 1270. The minimum Gasteiger partial charge on any atom is -0.493 e. The van der Waals surface area contributed by atoms with Crippen LogP contribution in [-0.2, 0) is 0 Å². The molecule has 1 amide bonds. The molecule has 172 valence electrons. The molecule has 0 spiro atoms. The SMILES string of the molecule is CC(=O)c1ccc(NC(=O)c2cn(-c3ccccc3)nc2-c2ccc(OCC(C)C)cc2)cc1. The molecule has 4 rings (SSSR count). The first-order valence-corrected chi connectivity index (χ1v) is 11.2. The first-order valence-electron chi connectivity index (χ1n) is 11.2. The number of anilines is 1. The molecule has 4 aromatic rings. The number of ether oxygens (including phenoxy) is 1. The van der Waals surface area contributed by atoms with E-state index in [0.29, 0.717) is 35.0 Å². The number of rotatable bonds is 8. The van der Waals surface area contributed by atoms with E-state index in [-0.39, 0.29) is 11.7 Å². The lowest BCUT2D eigenvalue weighted by Crippen LogP contribution is -2.12. The molecule has 0 aliphatic rings. The lowest BCUT2D eigenvalue weighted by molar-refractivity contribution is 0.101. The second kappa shape index (κ2) is 10.2. The largest absolute Gasteiger partial charge is 0.493 e. The summed E-state index contributed by atoms with van der Waals surface area (Å²) >= 11 is 0. The monoisotopic (exact) mass is 453 g/mol. The molecular weight excluding hydrogens is 426 g/mol. The van der Waals surface area contributed by atoms with Crippen LogP contribution in [0.1, 0.15) is 41.5 Å². The van der Waals surface area contributed by atoms with Gasteiger partial charge < -0.3 is 10.1 Å². The third-order valence-electron chi connectivity index (χ3n) is 5.24. The Labute approximate surface area is 199 Å². The number of hydrogen-bond acceptors (Lipinski definition) is 4. The second-order valence-corrected chi connectivity index (χ2v) is 8.49. The van der Waals surface area contributed by atoms with Gasteiger partial charge in [-0.2, -0.15) is 5.10 Å². The Hall–Kier alpha value is -4.19. The summed E-state index contributed by atoms with van der Waals surface area (Å²) < 4.78 is 7.49. The number of nitrogens with zero attached hydrogens (tertiary/aromatic N) is 2. The van der Waals surface area contributed by atoms with Crippen LogP contribution in [0.25, 0.3) is 16.9 Å². The van der Waals surface area contributed by atoms with Crippen molar-refractivity contribution in [2.75, 3.05) is 11.9 Å². The smallest absolute Gasteiger partial charge is 0.259 e. The van der Waals surface area contributed by atoms with E-state index in [0.717, 1.165) is 17.0 Å². The Morgan fingerprint density at radius 2 is 1.62 bits per heavy atom. The van der Waals surface area contributed by atoms with E-state index in [2.05, 4.69) is 19.2 Å². The number of aromatic nitrogens is 2. The van der Waals surface area contributed by atoms with Gasteiger partial charge >= 0.3 is 0 Å². The van der Waals surface area contributed by atoms with Crippen molar-refractivity contribution < 1.29 is 14.3 Å². The predicted octanol–water partition coefficient (Wildman–Crippen LogP) is 6.03. The average Bonchev–Trinajstić information content (AvgIpc) is 3.30. The van der Waals surface area contributed by atoms with Crippen LogP contribution in [0.15, 0.2) is 85.1 Å². The van der Waals surface area contributed by atoms with Gasteiger partial charge in [0.25, 0.3) is 5.91 Å². The van der Waals surface area contributed by atoms with Crippen LogP contribution < -0.4 is 10.1 Å². The van der Waals surface area contributed by atoms with Crippen molar-refractivity contribution in [2.24, 2.45) is 5.92 Å². The number of para-hydroxylation sites is 1. The van der Waals surface area contributed by atoms with Gasteiger partial charge in [0.05, 0.1) is 17.9 Å². The predicted molar refractivity (Wildman–Crippen MR) is 134 cm³/mol. The highest BCUT2D eigenvalue weighted by Gasteiger charge is 2.19. The normalized spacial score (nSPS) is 10.8. The van der Waals surface area contributed by atoms with E-state index in [4.69, 9.17) is 9.84 Å². The van der Waals surface area contributed by atoms with Crippen molar-refractivity contribution in [3.05, 3.63) is 96.2 Å². The first-order chi connectivity index (χ1) is 16.4. The minimum atomic E-state index is -0.284. The topological polar surface area (TPSA) is 73.2 Å². The fourth-order valence-electron chi connectivity index (χ4n) is 3.42. The summed E-state index contributed by atoms with van der Waals surface area (Å²) in [5, 5.41) is 7.64. The van der Waals surface area contributed by atoms with Crippen LogP contribution in [0.3, 0.4) is 0 Å². The molecule has 0 aliphatic carbocycles. The van der Waals surface area contributed by atoms with Gasteiger partial charge in [-0.05, 0) is 73.5 Å². The fraction of sp³-hybridized carbons (Fsp3) is 0.179. The highest BCUT2D eigenvalue weighted by atomic mass is 16.5. The summed E-state index contributed by atoms with van der Waals surface area (Å²) in [5.74, 6) is 0.899. The zero-order chi connectivity index (χ0) is 24.1. The first kappa shape index (κ1) is 23.0. The molecule has 6 nitrogen and oxygen atoms in total. The summed E-state index contributed by atoms with van der Waals surface area (Å²) in [5.41, 5.74) is 3.86. The van der Waals surface area contributed by atoms with Crippen molar-refractivity contribution >= 4 is 17.4 Å². The highest BCUT2D eigenvalue weighted by molar-refractivity contribution is 6.08. The zero-order valence-electron chi connectivity index (χ0n) is 19.5. The summed E-state index contributed by atoms with van der Waals surface area (Å²) in [6.07, 6.45) is 1.73. The van der Waals surface area contributed by atoms with Crippen molar-refractivity contribution in [1.29, 1.82) is 0 Å². The van der Waals surface area contributed by atoms with Crippen LogP contribution >= 0.6 is 0 Å². The number of hydrogen-bond donors (Lipinski definition) is 1. The maximum atomic E-state index is 13.3. The van der Waals surface area contributed by atoms with E-state index in [1.165, 1.54) is 6.92 Å². The zero-order valence-corrected chi connectivity index (χ0v) is 19.5. The van der Waals surface area contributed by atoms with Crippen LogP contribution in [0, 0.1) is 5.92 Å². The van der Waals surface area contributed by atoms with Crippen LogP contribution in [0.5, 0.6) is 5.75 Å². The van der Waals surface area contributed by atoms with Gasteiger partial charge in [-0.15, -0.1) is 0 Å². The van der Waals surface area contributed by atoms with Gasteiger partial charge in [-0.3, -0.25) is 9.59 Å². The molecule has 0 fully saturated rings. The average molecular weight is 454 g/mol. The molecule has 0 saturated heterocycles. The molecule has 0 saturated carbocycles. The van der Waals surface area contributed by atoms with Crippen molar-refractivity contribution in [2.45, 2.75) is 20.8 Å². The van der Waals surface area contributed by atoms with Gasteiger partial charge in [0.1, 0.15) is 11.4 Å². The quantitative estimate of drug-likeness (QED) is 0.331. The van der Waals surface area contributed by atoms with Gasteiger partial charge in [0, 0.05) is 23.0 Å². The van der Waals surface area contributed by atoms with E-state index in [9.17, 15) is 9.59 Å². The van der Waals surface area contributed by atoms with E-state index in [1.807, 2.05) is 54.6 Å². The van der Waals surface area contributed by atoms with Crippen LogP contribution in [-0.4, -0.2) is 28.1 Å². The molecule has 0 atom stereocenters. The molecule has 0 radical (unpaired) electrons. The third kappa shape index (κ3) is 5.41. The fourth-order valence-corrected chi connectivity index (χ4v) is 3.42. The van der Waals surface area contributed by atoms with Crippen molar-refractivity contribution in [3.8, 4) is 22.7 Å². The molecule has 0 aliphatic heterocycles. The maximum absolute atomic E-state index is 13.3. The van der Waals surface area contributed by atoms with Gasteiger partial charge in [0.2, 0.25) is 0 Å². The number of carbonyl (C=O) groups excluding carboxylic acids is 2. The number of amides is 1. The van der Waals surface area contributed by atoms with Crippen LogP contribution in [0.4, 0.5) is 5.69 Å². The number of Topliss-reactive ketones (excluding diaryl/α,β-unsaturated/α-hetero) is 1. The van der Waals surface area contributed by atoms with E-state index in [1.54, 1.807) is 35.1 Å². The lowest BCUT2D eigenvalue weighted by Gasteiger charge is -2.09. The lowest BCUT2D eigenvalue weighted by atomic mass is 10.1. The van der Waals surface area contributed by atoms with Gasteiger partial charge in [-0.1, -0.05) is 32.0 Å². The van der Waals surface area contributed by atoms with Crippen LogP contribution in [0.2, 0.25) is 0 Å². The molecule has 1 N–H and O–H groups in total. The third-order valence-corrected chi connectivity index (χ3v) is 5.24. The number of benzene rings is 3. The Balaban J connectivity index is 1.65. The van der Waals surface area contributed by atoms with Gasteiger partial charge in [0.15, 0.2) is 5.78 Å². The Kier molecular flexibility index (Phi) is 6.87. The van der Waals surface area contributed by atoms with E-state index < -0.39 is 0 Å². The summed E-state index contributed by atoms with van der Waals surface area (Å²) in [6, 6.07) is 24.1. The molecule has 34 heavy (non-hydrogen) atoms. The minimum absolute atomic E-state index is 0.0230. The standard InChI is InChI=1S/C28H27N3O3/c1-19(2)18-34-25-15-11-22(12-16-25)27-26(17-31(30-27)24-7-5-4-6-8-24)28(33)29-23-13-9-21(10-14-23)20(3)32/h4-17,19H,18H2,1-3H3,(H,29,33). The molecule has 3 aromatic carbocycles. The second-order valence-electron chi connectivity index (χ2n) is 8.49. The highest BCUT2D eigenvalue weighted by Crippen LogP contribution is 2.27. The molecule has 0 bridgehead atoms. The Morgan fingerprint density at radius 1 is 0.941 bits per heavy atom. The summed E-state index contributed by atoms with van der Waals surface area (Å²) in [6.45, 7) is 6.35. The van der Waals surface area contributed by atoms with Gasteiger partial charge in [-0.25, -0.2) is 4.68 Å². The maximum Gasteiger partial charge on any atom is 0.259 e. The van der Waals surface area contributed by atoms with Crippen molar-refractivity contribution in [1.82, 2.24) is 9.78 Å². The van der Waals surface area contributed by atoms with Crippen molar-refractivity contribution in [3.63, 3.8) is 0 Å². The Morgan fingerprint density at radius 3 is 2.24 bits per heavy atom. The summed E-state index contributed by atoms with van der Waals surface area (Å²) in [7, 11) is 0. The summed E-state index contributed by atoms with van der Waals surface area (Å²) in [4.78, 5) is 24.8.